The first kappa shape index (κ1) is 10.5. The summed E-state index contributed by atoms with van der Waals surface area (Å²) in [6.45, 7) is 4.01. The number of rotatable bonds is 4. The smallest absolute Gasteiger partial charge is 0.224 e. The maximum atomic E-state index is 5.84. The summed E-state index contributed by atoms with van der Waals surface area (Å²) in [5.41, 5.74) is 6.44. The minimum absolute atomic E-state index is 0.258. The first-order chi connectivity index (χ1) is 7.20. The van der Waals surface area contributed by atoms with Crippen molar-refractivity contribution in [2.45, 2.75) is 19.8 Å². The van der Waals surface area contributed by atoms with Crippen molar-refractivity contribution in [3.8, 4) is 0 Å². The van der Waals surface area contributed by atoms with E-state index in [1.807, 2.05) is 0 Å². The van der Waals surface area contributed by atoms with Crippen LogP contribution in [0.5, 0.6) is 0 Å². The van der Waals surface area contributed by atoms with E-state index < -0.39 is 0 Å². The second kappa shape index (κ2) is 4.23. The summed E-state index contributed by atoms with van der Waals surface area (Å²) in [4.78, 5) is 10.2. The molecule has 1 aromatic rings. The van der Waals surface area contributed by atoms with Gasteiger partial charge >= 0.3 is 0 Å². The van der Waals surface area contributed by atoms with Crippen LogP contribution < -0.4 is 10.6 Å². The van der Waals surface area contributed by atoms with Crippen LogP contribution in [0.15, 0.2) is 6.20 Å². The summed E-state index contributed by atoms with van der Waals surface area (Å²) < 4.78 is 0. The van der Waals surface area contributed by atoms with Gasteiger partial charge in [-0.2, -0.15) is 4.98 Å². The molecule has 0 atom stereocenters. The fraction of sp³-hybridized carbons (Fsp3) is 0.600. The molecule has 0 radical (unpaired) electrons. The fourth-order valence-corrected chi connectivity index (χ4v) is 1.72. The van der Waals surface area contributed by atoms with E-state index in [2.05, 4.69) is 21.8 Å². The highest BCUT2D eigenvalue weighted by Gasteiger charge is 2.25. The molecule has 0 spiro atoms. The molecule has 2 rings (SSSR count). The van der Waals surface area contributed by atoms with E-state index >= 15 is 0 Å². The summed E-state index contributed by atoms with van der Waals surface area (Å²) in [5.74, 6) is 1.57. The Labute approximate surface area is 94.5 Å². The first-order valence-corrected chi connectivity index (χ1v) is 5.61. The number of hydrogen-bond acceptors (Lipinski definition) is 4. The molecule has 0 bridgehead atoms. The van der Waals surface area contributed by atoms with Gasteiger partial charge in [-0.25, -0.2) is 4.98 Å². The predicted octanol–water partition coefficient (Wildman–Crippen LogP) is 1.95. The van der Waals surface area contributed by atoms with Crippen molar-refractivity contribution < 1.29 is 0 Å². The molecule has 1 fully saturated rings. The van der Waals surface area contributed by atoms with Crippen molar-refractivity contribution in [2.75, 3.05) is 23.7 Å². The highest BCUT2D eigenvalue weighted by atomic mass is 35.5. The Hall–Kier alpha value is -1.03. The number of nitrogen functional groups attached to an aromatic ring is 1. The Bertz CT molecular complexity index is 351. The van der Waals surface area contributed by atoms with Crippen molar-refractivity contribution in [2.24, 2.45) is 5.92 Å². The van der Waals surface area contributed by atoms with Crippen molar-refractivity contribution in [1.29, 1.82) is 0 Å². The SMILES string of the molecule is CCN(CC1CC1)c1nc(Cl)ncc1N. The third kappa shape index (κ3) is 2.50. The molecular weight excluding hydrogens is 212 g/mol. The number of nitrogens with zero attached hydrogens (tertiary/aromatic N) is 3. The van der Waals surface area contributed by atoms with Gasteiger partial charge in [0.05, 0.1) is 11.9 Å². The molecule has 0 unspecified atom stereocenters. The van der Waals surface area contributed by atoms with Gasteiger partial charge in [0.1, 0.15) is 0 Å². The van der Waals surface area contributed by atoms with Crippen LogP contribution in [-0.4, -0.2) is 23.1 Å². The highest BCUT2D eigenvalue weighted by Crippen LogP contribution is 2.32. The van der Waals surface area contributed by atoms with Crippen LogP contribution in [0.2, 0.25) is 5.28 Å². The third-order valence-electron chi connectivity index (χ3n) is 2.62. The lowest BCUT2D eigenvalue weighted by molar-refractivity contribution is 0.732. The summed E-state index contributed by atoms with van der Waals surface area (Å²) in [6, 6.07) is 0. The van der Waals surface area contributed by atoms with Gasteiger partial charge in [0.2, 0.25) is 5.28 Å². The molecule has 0 aliphatic heterocycles. The lowest BCUT2D eigenvalue weighted by Crippen LogP contribution is -2.27. The summed E-state index contributed by atoms with van der Waals surface area (Å²) >= 11 is 5.77. The van der Waals surface area contributed by atoms with Gasteiger partial charge in [-0.15, -0.1) is 0 Å². The van der Waals surface area contributed by atoms with Crippen molar-refractivity contribution in [3.05, 3.63) is 11.5 Å². The zero-order chi connectivity index (χ0) is 10.8. The fourth-order valence-electron chi connectivity index (χ4n) is 1.59. The van der Waals surface area contributed by atoms with Gasteiger partial charge in [-0.3, -0.25) is 0 Å². The lowest BCUT2D eigenvalue weighted by Gasteiger charge is -2.22. The van der Waals surface area contributed by atoms with Gasteiger partial charge in [-0.1, -0.05) is 0 Å². The van der Waals surface area contributed by atoms with E-state index in [0.717, 1.165) is 24.8 Å². The van der Waals surface area contributed by atoms with E-state index in [1.165, 1.54) is 12.8 Å². The van der Waals surface area contributed by atoms with E-state index in [0.29, 0.717) is 5.69 Å². The third-order valence-corrected chi connectivity index (χ3v) is 2.81. The van der Waals surface area contributed by atoms with E-state index in [-0.39, 0.29) is 5.28 Å². The standard InChI is InChI=1S/C10H15ClN4/c1-2-15(6-7-3-4-7)9-8(12)5-13-10(11)14-9/h5,7H,2-4,6,12H2,1H3. The Morgan fingerprint density at radius 1 is 1.60 bits per heavy atom. The Morgan fingerprint density at radius 2 is 2.33 bits per heavy atom. The highest BCUT2D eigenvalue weighted by molar-refractivity contribution is 6.28. The lowest BCUT2D eigenvalue weighted by atomic mass is 10.3. The number of halogens is 1. The van der Waals surface area contributed by atoms with Crippen LogP contribution in [0.3, 0.4) is 0 Å². The van der Waals surface area contributed by atoms with Gasteiger partial charge in [0.25, 0.3) is 0 Å². The van der Waals surface area contributed by atoms with E-state index in [9.17, 15) is 0 Å². The zero-order valence-electron chi connectivity index (χ0n) is 8.78. The molecule has 1 aliphatic carbocycles. The van der Waals surface area contributed by atoms with Crippen molar-refractivity contribution in [1.82, 2.24) is 9.97 Å². The van der Waals surface area contributed by atoms with Crippen LogP contribution in [-0.2, 0) is 0 Å². The van der Waals surface area contributed by atoms with Gasteiger partial charge in [-0.05, 0) is 37.3 Å². The molecule has 15 heavy (non-hydrogen) atoms. The molecule has 0 saturated heterocycles. The Morgan fingerprint density at radius 3 is 2.93 bits per heavy atom. The minimum atomic E-state index is 0.258. The second-order valence-corrected chi connectivity index (χ2v) is 4.24. The quantitative estimate of drug-likeness (QED) is 0.798. The summed E-state index contributed by atoms with van der Waals surface area (Å²) in [7, 11) is 0. The van der Waals surface area contributed by atoms with Crippen LogP contribution in [0, 0.1) is 5.92 Å². The Kier molecular flexibility index (Phi) is 2.95. The topological polar surface area (TPSA) is 55.0 Å². The molecule has 1 heterocycles. The maximum absolute atomic E-state index is 5.84. The van der Waals surface area contributed by atoms with Gasteiger partial charge < -0.3 is 10.6 Å². The number of nitrogens with two attached hydrogens (primary N) is 1. The number of aromatic nitrogens is 2. The van der Waals surface area contributed by atoms with Crippen molar-refractivity contribution >= 4 is 23.1 Å². The molecule has 5 heteroatoms. The maximum Gasteiger partial charge on any atom is 0.224 e. The second-order valence-electron chi connectivity index (χ2n) is 3.90. The molecular formula is C10H15ClN4. The minimum Gasteiger partial charge on any atom is -0.394 e. The molecule has 1 aromatic heterocycles. The zero-order valence-corrected chi connectivity index (χ0v) is 9.54. The van der Waals surface area contributed by atoms with E-state index in [4.69, 9.17) is 17.3 Å². The number of anilines is 2. The molecule has 1 saturated carbocycles. The average Bonchev–Trinajstić information content (AvgIpc) is 3.02. The van der Waals surface area contributed by atoms with Gasteiger partial charge in [0.15, 0.2) is 5.82 Å². The van der Waals surface area contributed by atoms with Crippen LogP contribution in [0.4, 0.5) is 11.5 Å². The summed E-state index contributed by atoms with van der Waals surface area (Å²) in [5, 5.41) is 0.258. The summed E-state index contributed by atoms with van der Waals surface area (Å²) in [6.07, 6.45) is 4.20. The molecule has 0 amide bonds. The molecule has 82 valence electrons. The molecule has 2 N–H and O–H groups in total. The normalized spacial score (nSPS) is 15.3. The van der Waals surface area contributed by atoms with Crippen LogP contribution in [0.25, 0.3) is 0 Å². The number of hydrogen-bond donors (Lipinski definition) is 1. The average molecular weight is 227 g/mol. The van der Waals surface area contributed by atoms with Crippen LogP contribution in [0.1, 0.15) is 19.8 Å². The first-order valence-electron chi connectivity index (χ1n) is 5.23. The Balaban J connectivity index is 2.19. The van der Waals surface area contributed by atoms with Crippen molar-refractivity contribution in [3.63, 3.8) is 0 Å². The molecule has 1 aliphatic rings. The van der Waals surface area contributed by atoms with Crippen LogP contribution >= 0.6 is 11.6 Å². The monoisotopic (exact) mass is 226 g/mol. The predicted molar refractivity (Wildman–Crippen MR) is 62.1 cm³/mol. The van der Waals surface area contributed by atoms with Gasteiger partial charge in [0, 0.05) is 13.1 Å². The van der Waals surface area contributed by atoms with E-state index in [1.54, 1.807) is 6.20 Å². The molecule has 0 aromatic carbocycles. The molecule has 4 nitrogen and oxygen atoms in total. The largest absolute Gasteiger partial charge is 0.394 e.